The number of methoxy groups -OCH3 is 1. The van der Waals surface area contributed by atoms with Crippen LogP contribution in [0.1, 0.15) is 10.5 Å². The number of nitrogens with zero attached hydrogens (tertiary/aromatic N) is 3. The zero-order valence-electron chi connectivity index (χ0n) is 10.5. The van der Waals surface area contributed by atoms with Crippen molar-refractivity contribution < 1.29 is 14.3 Å². The number of esters is 1. The molecule has 0 atom stereocenters. The fourth-order valence-corrected chi connectivity index (χ4v) is 1.53. The summed E-state index contributed by atoms with van der Waals surface area (Å²) in [5.74, 6) is -0.815. The van der Waals surface area contributed by atoms with E-state index in [0.29, 0.717) is 10.7 Å². The molecular formula is C12H11ClN4O3. The summed E-state index contributed by atoms with van der Waals surface area (Å²) in [6.07, 6.45) is 4.33. The fraction of sp³-hybridized carbons (Fsp3) is 0.167. The van der Waals surface area contributed by atoms with Gasteiger partial charge in [-0.25, -0.2) is 4.98 Å². The predicted molar refractivity (Wildman–Crippen MR) is 71.4 cm³/mol. The maximum atomic E-state index is 11.9. The quantitative estimate of drug-likeness (QED) is 0.860. The average molecular weight is 295 g/mol. The zero-order valence-corrected chi connectivity index (χ0v) is 11.3. The number of carbonyl (C=O) groups is 2. The second-order valence-corrected chi connectivity index (χ2v) is 4.25. The van der Waals surface area contributed by atoms with Gasteiger partial charge in [0.05, 0.1) is 24.0 Å². The molecule has 2 rings (SSSR count). The van der Waals surface area contributed by atoms with Crippen LogP contribution in [0.25, 0.3) is 0 Å². The van der Waals surface area contributed by atoms with Crippen molar-refractivity contribution in [3.63, 3.8) is 0 Å². The Morgan fingerprint density at radius 1 is 1.40 bits per heavy atom. The third-order valence-corrected chi connectivity index (χ3v) is 2.59. The number of nitrogens with one attached hydrogen (secondary N) is 1. The fourth-order valence-electron chi connectivity index (χ4n) is 1.42. The molecule has 0 aliphatic rings. The van der Waals surface area contributed by atoms with E-state index in [-0.39, 0.29) is 18.1 Å². The third-order valence-electron chi connectivity index (χ3n) is 2.37. The normalized spacial score (nSPS) is 10.1. The van der Waals surface area contributed by atoms with Crippen molar-refractivity contribution in [1.82, 2.24) is 14.8 Å². The lowest BCUT2D eigenvalue weighted by Crippen LogP contribution is -2.13. The molecule has 2 heterocycles. The summed E-state index contributed by atoms with van der Waals surface area (Å²) in [6, 6.07) is 3.08. The molecule has 0 radical (unpaired) electrons. The first kappa shape index (κ1) is 14.0. The summed E-state index contributed by atoms with van der Waals surface area (Å²) < 4.78 is 5.87. The Morgan fingerprint density at radius 2 is 2.20 bits per heavy atom. The van der Waals surface area contributed by atoms with Gasteiger partial charge in [0.25, 0.3) is 5.91 Å². The van der Waals surface area contributed by atoms with Crippen molar-refractivity contribution in [2.24, 2.45) is 0 Å². The minimum atomic E-state index is -0.426. The van der Waals surface area contributed by atoms with Crippen molar-refractivity contribution >= 4 is 29.2 Å². The van der Waals surface area contributed by atoms with Gasteiger partial charge in [0.2, 0.25) is 0 Å². The summed E-state index contributed by atoms with van der Waals surface area (Å²) in [6.45, 7) is -0.0223. The van der Waals surface area contributed by atoms with Gasteiger partial charge in [-0.3, -0.25) is 14.3 Å². The van der Waals surface area contributed by atoms with E-state index in [9.17, 15) is 9.59 Å². The Hall–Kier alpha value is -2.41. The molecule has 0 aromatic carbocycles. The van der Waals surface area contributed by atoms with Crippen LogP contribution in [0.4, 0.5) is 5.69 Å². The smallest absolute Gasteiger partial charge is 0.327 e. The topological polar surface area (TPSA) is 86.1 Å². The van der Waals surface area contributed by atoms with Crippen LogP contribution < -0.4 is 5.32 Å². The van der Waals surface area contributed by atoms with Crippen molar-refractivity contribution in [1.29, 1.82) is 0 Å². The van der Waals surface area contributed by atoms with Crippen molar-refractivity contribution in [3.8, 4) is 0 Å². The van der Waals surface area contributed by atoms with Crippen molar-refractivity contribution in [3.05, 3.63) is 41.4 Å². The van der Waals surface area contributed by atoms with E-state index in [0.717, 1.165) is 0 Å². The Balaban J connectivity index is 2.01. The molecule has 7 nitrogen and oxygen atoms in total. The number of ether oxygens (including phenoxy) is 1. The van der Waals surface area contributed by atoms with Gasteiger partial charge in [-0.2, -0.15) is 5.10 Å². The average Bonchev–Trinajstić information content (AvgIpc) is 2.86. The molecule has 0 saturated carbocycles. The molecular weight excluding hydrogens is 284 g/mol. The maximum Gasteiger partial charge on any atom is 0.327 e. The van der Waals surface area contributed by atoms with Crippen LogP contribution in [0.2, 0.25) is 5.02 Å². The molecule has 1 N–H and O–H groups in total. The number of hydrogen-bond donors (Lipinski definition) is 1. The molecule has 0 saturated heterocycles. The highest BCUT2D eigenvalue weighted by atomic mass is 35.5. The molecule has 0 unspecified atom stereocenters. The minimum Gasteiger partial charge on any atom is -0.468 e. The van der Waals surface area contributed by atoms with Gasteiger partial charge in [-0.15, -0.1) is 0 Å². The number of carbonyl (C=O) groups excluding carboxylic acids is 2. The summed E-state index contributed by atoms with van der Waals surface area (Å²) in [7, 11) is 1.29. The second kappa shape index (κ2) is 6.16. The van der Waals surface area contributed by atoms with Crippen LogP contribution >= 0.6 is 11.6 Å². The van der Waals surface area contributed by atoms with Gasteiger partial charge in [0.15, 0.2) is 0 Å². The van der Waals surface area contributed by atoms with Gasteiger partial charge in [0, 0.05) is 12.4 Å². The molecule has 2 aromatic heterocycles. The summed E-state index contributed by atoms with van der Waals surface area (Å²) >= 11 is 5.69. The first-order valence-corrected chi connectivity index (χ1v) is 5.98. The van der Waals surface area contributed by atoms with E-state index in [1.165, 1.54) is 36.4 Å². The number of anilines is 1. The van der Waals surface area contributed by atoms with Crippen LogP contribution in [0, 0.1) is 0 Å². The summed E-state index contributed by atoms with van der Waals surface area (Å²) in [4.78, 5) is 26.8. The maximum absolute atomic E-state index is 11.9. The minimum absolute atomic E-state index is 0.0223. The number of hydrogen-bond acceptors (Lipinski definition) is 5. The Bertz CT molecular complexity index is 624. The van der Waals surface area contributed by atoms with E-state index in [1.807, 2.05) is 0 Å². The molecule has 8 heteroatoms. The van der Waals surface area contributed by atoms with Crippen molar-refractivity contribution in [2.45, 2.75) is 6.54 Å². The van der Waals surface area contributed by atoms with Gasteiger partial charge < -0.3 is 10.1 Å². The lowest BCUT2D eigenvalue weighted by atomic mass is 10.3. The lowest BCUT2D eigenvalue weighted by molar-refractivity contribution is -0.141. The van der Waals surface area contributed by atoms with E-state index in [4.69, 9.17) is 11.6 Å². The molecule has 0 spiro atoms. The van der Waals surface area contributed by atoms with Crippen LogP contribution in [-0.4, -0.2) is 33.8 Å². The van der Waals surface area contributed by atoms with E-state index in [1.54, 1.807) is 6.07 Å². The molecule has 20 heavy (non-hydrogen) atoms. The van der Waals surface area contributed by atoms with Crippen LogP contribution in [0.5, 0.6) is 0 Å². The highest BCUT2D eigenvalue weighted by molar-refractivity contribution is 6.30. The van der Waals surface area contributed by atoms with E-state index < -0.39 is 5.97 Å². The third kappa shape index (κ3) is 3.55. The standard InChI is InChI=1S/C12H11ClN4O3/c1-20-11(18)7-17-6-9(5-15-17)16-12(19)10-3-2-8(13)4-14-10/h2-6H,7H2,1H3,(H,16,19). The number of amides is 1. The second-order valence-electron chi connectivity index (χ2n) is 3.82. The number of rotatable bonds is 4. The number of pyridine rings is 1. The first-order valence-electron chi connectivity index (χ1n) is 5.60. The first-order chi connectivity index (χ1) is 9.58. The van der Waals surface area contributed by atoms with E-state index >= 15 is 0 Å². The molecule has 0 bridgehead atoms. The molecule has 2 aromatic rings. The Labute approximate surface area is 119 Å². The molecule has 0 fully saturated rings. The van der Waals surface area contributed by atoms with Crippen LogP contribution in [0.15, 0.2) is 30.7 Å². The highest BCUT2D eigenvalue weighted by Gasteiger charge is 2.10. The van der Waals surface area contributed by atoms with Gasteiger partial charge >= 0.3 is 5.97 Å². The lowest BCUT2D eigenvalue weighted by Gasteiger charge is -2.01. The highest BCUT2D eigenvalue weighted by Crippen LogP contribution is 2.10. The number of halogens is 1. The van der Waals surface area contributed by atoms with Crippen molar-refractivity contribution in [2.75, 3.05) is 12.4 Å². The SMILES string of the molecule is COC(=O)Cn1cc(NC(=O)c2ccc(Cl)cn2)cn1. The summed E-state index contributed by atoms with van der Waals surface area (Å²) in [5, 5.41) is 6.99. The molecule has 104 valence electrons. The largest absolute Gasteiger partial charge is 0.468 e. The van der Waals surface area contributed by atoms with Crippen LogP contribution in [0.3, 0.4) is 0 Å². The van der Waals surface area contributed by atoms with Gasteiger partial charge in [0.1, 0.15) is 12.2 Å². The predicted octanol–water partition coefficient (Wildman–Crippen LogP) is 1.36. The Morgan fingerprint density at radius 3 is 2.85 bits per heavy atom. The van der Waals surface area contributed by atoms with Gasteiger partial charge in [-0.1, -0.05) is 11.6 Å². The Kier molecular flexibility index (Phi) is 4.31. The molecule has 0 aliphatic heterocycles. The zero-order chi connectivity index (χ0) is 14.5. The van der Waals surface area contributed by atoms with E-state index in [2.05, 4.69) is 20.1 Å². The molecule has 1 amide bonds. The summed E-state index contributed by atoms with van der Waals surface area (Å²) in [5.41, 5.74) is 0.686. The monoisotopic (exact) mass is 294 g/mol. The van der Waals surface area contributed by atoms with Crippen LogP contribution in [-0.2, 0) is 16.1 Å². The molecule has 0 aliphatic carbocycles. The van der Waals surface area contributed by atoms with Gasteiger partial charge in [-0.05, 0) is 12.1 Å². The number of aromatic nitrogens is 3.